The zero-order valence-corrected chi connectivity index (χ0v) is 26.9. The smallest absolute Gasteiger partial charge is 0.251 e. The minimum atomic E-state index is -1.96. The van der Waals surface area contributed by atoms with Crippen molar-refractivity contribution in [3.63, 3.8) is 0 Å². The lowest BCUT2D eigenvalue weighted by Gasteiger charge is -2.30. The van der Waals surface area contributed by atoms with Crippen LogP contribution in [0.2, 0.25) is 5.02 Å². The van der Waals surface area contributed by atoms with Crippen molar-refractivity contribution >= 4 is 34.3 Å². The minimum absolute atomic E-state index is 0.0520. The molecule has 2 aromatic heterocycles. The Kier molecular flexibility index (Phi) is 8.80. The van der Waals surface area contributed by atoms with E-state index in [0.717, 1.165) is 0 Å². The molecule has 3 aromatic carbocycles. The number of ether oxygens (including phenoxy) is 2. The molecule has 0 aliphatic heterocycles. The fourth-order valence-corrected chi connectivity index (χ4v) is 5.73. The molecule has 48 heavy (non-hydrogen) atoms. The fraction of sp³-hybridized carbons (Fsp3) is 0.257. The maximum absolute atomic E-state index is 14.8. The lowest BCUT2D eigenvalue weighted by Crippen LogP contribution is -2.42. The average Bonchev–Trinajstić information content (AvgIpc) is 3.67. The van der Waals surface area contributed by atoms with Gasteiger partial charge in [-0.2, -0.15) is 5.10 Å². The number of nitrogens with one attached hydrogen (secondary N) is 1. The van der Waals surface area contributed by atoms with Crippen molar-refractivity contribution in [1.82, 2.24) is 20.1 Å². The molecular weight excluding hydrogens is 644 g/mol. The van der Waals surface area contributed by atoms with Gasteiger partial charge >= 0.3 is 0 Å². The maximum atomic E-state index is 14.8. The number of pyridine rings is 1. The number of hydrogen-bond acceptors (Lipinski definition) is 7. The molecule has 0 radical (unpaired) electrons. The van der Waals surface area contributed by atoms with Gasteiger partial charge in [-0.1, -0.05) is 41.9 Å². The molecule has 0 bridgehead atoms. The maximum Gasteiger partial charge on any atom is 0.251 e. The Morgan fingerprint density at radius 1 is 1.15 bits per heavy atom. The second-order valence-electron chi connectivity index (χ2n) is 11.6. The number of nitrogens with zero attached hydrogens (tertiary/aromatic N) is 3. The highest BCUT2D eigenvalue weighted by molar-refractivity contribution is 6.31. The van der Waals surface area contributed by atoms with Gasteiger partial charge in [0.1, 0.15) is 34.1 Å². The molecule has 4 N–H and O–H groups in total. The van der Waals surface area contributed by atoms with Crippen molar-refractivity contribution in [1.29, 1.82) is 0 Å². The van der Waals surface area contributed by atoms with Gasteiger partial charge in [-0.3, -0.25) is 9.59 Å². The van der Waals surface area contributed by atoms with E-state index in [1.54, 1.807) is 43.3 Å². The molecule has 1 aliphatic carbocycles. The lowest BCUT2D eigenvalue weighted by molar-refractivity contribution is -0.117. The van der Waals surface area contributed by atoms with Crippen LogP contribution in [0.3, 0.4) is 0 Å². The molecule has 2 heterocycles. The largest absolute Gasteiger partial charge is 0.494 e. The molecule has 10 nitrogen and oxygen atoms in total. The summed E-state index contributed by atoms with van der Waals surface area (Å²) in [5.74, 6) is -2.92. The predicted molar refractivity (Wildman–Crippen MR) is 175 cm³/mol. The molecule has 2 amide bonds. The first-order valence-corrected chi connectivity index (χ1v) is 15.6. The van der Waals surface area contributed by atoms with Crippen LogP contribution in [-0.4, -0.2) is 51.9 Å². The van der Waals surface area contributed by atoms with Gasteiger partial charge in [-0.15, -0.1) is 0 Å². The number of carbonyl (C=O) groups is 2. The molecule has 1 aliphatic rings. The van der Waals surface area contributed by atoms with Crippen molar-refractivity contribution in [2.45, 2.75) is 37.6 Å². The second-order valence-corrected chi connectivity index (χ2v) is 12.0. The number of methoxy groups -OCH3 is 1. The highest BCUT2D eigenvalue weighted by atomic mass is 35.5. The van der Waals surface area contributed by atoms with Gasteiger partial charge < -0.3 is 25.6 Å². The van der Waals surface area contributed by atoms with E-state index < -0.39 is 29.0 Å². The first-order valence-electron chi connectivity index (χ1n) is 15.2. The predicted octanol–water partition coefficient (Wildman–Crippen LogP) is 5.41. The first-order chi connectivity index (χ1) is 23.0. The van der Waals surface area contributed by atoms with E-state index in [-0.39, 0.29) is 53.0 Å². The van der Waals surface area contributed by atoms with E-state index >= 15 is 0 Å². The number of primary amides is 1. The summed E-state index contributed by atoms with van der Waals surface area (Å²) in [5.41, 5.74) is 5.53. The van der Waals surface area contributed by atoms with E-state index in [1.807, 2.05) is 0 Å². The molecule has 1 atom stereocenters. The third-order valence-corrected chi connectivity index (χ3v) is 8.49. The number of benzene rings is 3. The van der Waals surface area contributed by atoms with Gasteiger partial charge in [-0.05, 0) is 48.9 Å². The van der Waals surface area contributed by atoms with Gasteiger partial charge in [0, 0.05) is 41.1 Å². The first kappa shape index (κ1) is 32.9. The van der Waals surface area contributed by atoms with Crippen LogP contribution in [0, 0.1) is 5.82 Å². The van der Waals surface area contributed by atoms with Crippen LogP contribution in [0.5, 0.6) is 11.5 Å². The summed E-state index contributed by atoms with van der Waals surface area (Å²) in [6.07, 6.45) is 1.98. The SMILES string of the molecule is CCOc1c(CC(N)=O)cc(C(O)(CNC(=O)c2cc(OC)c3nn(C4(F)CC4)cc3c2)c2ccccc2)nc1-c1ccc(F)c(Cl)c1. The third-order valence-electron chi connectivity index (χ3n) is 8.21. The Morgan fingerprint density at radius 2 is 1.90 bits per heavy atom. The zero-order valence-electron chi connectivity index (χ0n) is 26.1. The fourth-order valence-electron chi connectivity index (χ4n) is 5.55. The van der Waals surface area contributed by atoms with Crippen LogP contribution in [-0.2, 0) is 22.6 Å². The van der Waals surface area contributed by atoms with Crippen molar-refractivity contribution in [2.75, 3.05) is 20.3 Å². The lowest BCUT2D eigenvalue weighted by atomic mass is 9.87. The van der Waals surface area contributed by atoms with Crippen LogP contribution in [0.15, 0.2) is 72.9 Å². The number of aliphatic hydroxyl groups is 1. The number of hydrogen-bond donors (Lipinski definition) is 3. The molecule has 1 saturated carbocycles. The Hall–Kier alpha value is -5.07. The van der Waals surface area contributed by atoms with Gasteiger partial charge in [0.25, 0.3) is 5.91 Å². The summed E-state index contributed by atoms with van der Waals surface area (Å²) >= 11 is 6.12. The van der Waals surface area contributed by atoms with Gasteiger partial charge in [-0.25, -0.2) is 18.4 Å². The van der Waals surface area contributed by atoms with Crippen LogP contribution in [0.4, 0.5) is 8.78 Å². The van der Waals surface area contributed by atoms with Crippen molar-refractivity contribution in [2.24, 2.45) is 5.73 Å². The van der Waals surface area contributed by atoms with E-state index in [9.17, 15) is 23.5 Å². The summed E-state index contributed by atoms with van der Waals surface area (Å²) < 4.78 is 41.6. The van der Waals surface area contributed by atoms with Crippen molar-refractivity contribution in [3.05, 3.63) is 106 Å². The number of amides is 2. The number of carbonyl (C=O) groups excluding carboxylic acids is 2. The van der Waals surface area contributed by atoms with E-state index in [0.29, 0.717) is 40.4 Å². The molecule has 248 valence electrons. The number of fused-ring (bicyclic) bond motifs is 1. The van der Waals surface area contributed by atoms with Crippen LogP contribution >= 0.6 is 11.6 Å². The van der Waals surface area contributed by atoms with Crippen molar-refractivity contribution < 1.29 is 33.0 Å². The van der Waals surface area contributed by atoms with Crippen LogP contribution < -0.4 is 20.5 Å². The Balaban J connectivity index is 1.43. The Bertz CT molecular complexity index is 2040. The molecule has 5 aromatic rings. The van der Waals surface area contributed by atoms with E-state index in [2.05, 4.69) is 10.4 Å². The molecule has 1 fully saturated rings. The minimum Gasteiger partial charge on any atom is -0.494 e. The molecular formula is C35H32ClF2N5O5. The Morgan fingerprint density at radius 3 is 2.54 bits per heavy atom. The van der Waals surface area contributed by atoms with E-state index in [4.69, 9.17) is 31.8 Å². The average molecular weight is 676 g/mol. The molecule has 1 unspecified atom stereocenters. The second kappa shape index (κ2) is 12.9. The zero-order chi connectivity index (χ0) is 34.2. The number of alkyl halides is 1. The molecule has 0 spiro atoms. The third kappa shape index (κ3) is 6.28. The summed E-state index contributed by atoms with van der Waals surface area (Å²) in [4.78, 5) is 30.6. The highest BCUT2D eigenvalue weighted by Crippen LogP contribution is 2.45. The molecule has 6 rings (SSSR count). The monoisotopic (exact) mass is 675 g/mol. The summed E-state index contributed by atoms with van der Waals surface area (Å²) in [5, 5.41) is 20.0. The van der Waals surface area contributed by atoms with Crippen LogP contribution in [0.1, 0.15) is 46.9 Å². The van der Waals surface area contributed by atoms with Gasteiger partial charge in [0.05, 0.1) is 37.4 Å². The van der Waals surface area contributed by atoms with Crippen molar-refractivity contribution in [3.8, 4) is 22.8 Å². The number of rotatable bonds is 12. The molecule has 0 saturated heterocycles. The van der Waals surface area contributed by atoms with Gasteiger partial charge in [0.15, 0.2) is 0 Å². The topological polar surface area (TPSA) is 142 Å². The normalized spacial score (nSPS) is 14.7. The highest BCUT2D eigenvalue weighted by Gasteiger charge is 2.46. The number of halogens is 3. The number of nitrogens with two attached hydrogens (primary N) is 1. The summed E-state index contributed by atoms with van der Waals surface area (Å²) in [7, 11) is 1.43. The number of aromatic nitrogens is 3. The van der Waals surface area contributed by atoms with Gasteiger partial charge in [0.2, 0.25) is 11.7 Å². The summed E-state index contributed by atoms with van der Waals surface area (Å²) in [6, 6.07) is 17.1. The van der Waals surface area contributed by atoms with E-state index in [1.165, 1.54) is 48.3 Å². The quantitative estimate of drug-likeness (QED) is 0.161. The standard InChI is InChI=1S/C35H32ClF2N5O5/c1-3-48-32-21(17-29(39)44)16-28(41-31(32)20-9-10-26(37)25(36)14-20)35(46,24-7-5-4-6-8-24)19-40-33(45)22-13-23-18-43(34(38)11-12-34)42-30(23)27(15-22)47-2/h4-10,13-16,18,46H,3,11-12,17,19H2,1-2H3,(H2,39,44)(H,40,45). The Labute approximate surface area is 279 Å². The summed E-state index contributed by atoms with van der Waals surface area (Å²) in [6.45, 7) is 1.58. The van der Waals surface area contributed by atoms with Crippen LogP contribution in [0.25, 0.3) is 22.2 Å². The molecule has 13 heteroatoms.